The fraction of sp³-hybridized carbons (Fsp3) is 0.458. The molecule has 6 nitrogen and oxygen atoms in total. The summed E-state index contributed by atoms with van der Waals surface area (Å²) in [4.78, 5) is 31.3. The van der Waals surface area contributed by atoms with Crippen molar-refractivity contribution in [2.24, 2.45) is 17.1 Å². The molecule has 0 saturated carbocycles. The molecule has 2 aliphatic rings. The summed E-state index contributed by atoms with van der Waals surface area (Å²) in [6.45, 7) is 2.33. The summed E-state index contributed by atoms with van der Waals surface area (Å²) in [7, 11) is 0. The van der Waals surface area contributed by atoms with Gasteiger partial charge in [-0.1, -0.05) is 24.3 Å². The molecule has 6 heteroatoms. The minimum absolute atomic E-state index is 0.148. The predicted octanol–water partition coefficient (Wildman–Crippen LogP) is 2.81. The average molecular weight is 408 g/mol. The van der Waals surface area contributed by atoms with Gasteiger partial charge < -0.3 is 15.4 Å². The van der Waals surface area contributed by atoms with Crippen LogP contribution < -0.4 is 5.73 Å². The number of ether oxygens (including phenoxy) is 1. The van der Waals surface area contributed by atoms with Crippen molar-refractivity contribution in [2.45, 2.75) is 32.1 Å². The average Bonchev–Trinajstić information content (AvgIpc) is 2.80. The molecule has 1 aromatic carbocycles. The van der Waals surface area contributed by atoms with Crippen molar-refractivity contribution >= 4 is 11.8 Å². The second-order valence-corrected chi connectivity index (χ2v) is 8.49. The molecule has 2 amide bonds. The molecule has 2 aromatic rings. The Morgan fingerprint density at radius 2 is 1.73 bits per heavy atom. The monoisotopic (exact) mass is 407 g/mol. The summed E-state index contributed by atoms with van der Waals surface area (Å²) in [6, 6.07) is 12.4. The molecule has 2 fully saturated rings. The lowest BCUT2D eigenvalue weighted by Crippen LogP contribution is -2.52. The number of likely N-dealkylation sites (tertiary alicyclic amines) is 1. The van der Waals surface area contributed by atoms with Gasteiger partial charge >= 0.3 is 0 Å². The lowest BCUT2D eigenvalue weighted by Gasteiger charge is -2.42. The first kappa shape index (κ1) is 20.5. The Labute approximate surface area is 177 Å². The highest BCUT2D eigenvalue weighted by Crippen LogP contribution is 2.38. The second kappa shape index (κ2) is 8.96. The number of nitrogens with zero attached hydrogens (tertiary/aromatic N) is 2. The number of nitrogens with two attached hydrogens (primary N) is 1. The first-order chi connectivity index (χ1) is 14.6. The van der Waals surface area contributed by atoms with Crippen LogP contribution in [0, 0.1) is 11.3 Å². The molecule has 2 N–H and O–H groups in total. The molecule has 3 heterocycles. The fourth-order valence-corrected chi connectivity index (χ4v) is 4.71. The molecule has 0 unspecified atom stereocenters. The number of benzene rings is 1. The summed E-state index contributed by atoms with van der Waals surface area (Å²) in [5.74, 6) is -0.394. The van der Waals surface area contributed by atoms with Crippen LogP contribution in [-0.2, 0) is 20.7 Å². The highest BCUT2D eigenvalue weighted by atomic mass is 16.5. The van der Waals surface area contributed by atoms with E-state index >= 15 is 0 Å². The van der Waals surface area contributed by atoms with Gasteiger partial charge in [0.2, 0.25) is 11.8 Å². The minimum atomic E-state index is -0.476. The Morgan fingerprint density at radius 3 is 2.40 bits per heavy atom. The zero-order valence-electron chi connectivity index (χ0n) is 17.3. The Hall–Kier alpha value is -2.73. The van der Waals surface area contributed by atoms with E-state index < -0.39 is 5.41 Å². The molecule has 2 saturated heterocycles. The van der Waals surface area contributed by atoms with E-state index in [-0.39, 0.29) is 17.7 Å². The van der Waals surface area contributed by atoms with Crippen molar-refractivity contribution in [3.05, 3.63) is 54.4 Å². The van der Waals surface area contributed by atoms with E-state index in [1.807, 2.05) is 17.0 Å². The number of carbonyl (C=O) groups is 2. The molecule has 1 aromatic heterocycles. The van der Waals surface area contributed by atoms with Gasteiger partial charge in [0.25, 0.3) is 0 Å². The third-order valence-corrected chi connectivity index (χ3v) is 6.52. The van der Waals surface area contributed by atoms with Crippen LogP contribution in [0.5, 0.6) is 0 Å². The fourth-order valence-electron chi connectivity index (χ4n) is 4.71. The SMILES string of the molecule is NC(=O)[C@@H]1CCCN(C(=O)C2(Cc3ccc(-c4ccncc4)cc3)CCOCC2)C1. The summed E-state index contributed by atoms with van der Waals surface area (Å²) in [5, 5.41) is 0. The van der Waals surface area contributed by atoms with Gasteiger partial charge in [0.15, 0.2) is 0 Å². The van der Waals surface area contributed by atoms with Crippen molar-refractivity contribution in [3.63, 3.8) is 0 Å². The van der Waals surface area contributed by atoms with E-state index in [4.69, 9.17) is 10.5 Å². The van der Waals surface area contributed by atoms with E-state index in [1.165, 1.54) is 0 Å². The van der Waals surface area contributed by atoms with Gasteiger partial charge in [0, 0.05) is 38.7 Å². The van der Waals surface area contributed by atoms with Crippen LogP contribution in [0.1, 0.15) is 31.2 Å². The zero-order chi connectivity index (χ0) is 21.0. The Balaban J connectivity index is 1.53. The summed E-state index contributed by atoms with van der Waals surface area (Å²) in [6.07, 6.45) is 7.26. The molecule has 158 valence electrons. The molecule has 0 radical (unpaired) electrons. The van der Waals surface area contributed by atoms with Crippen molar-refractivity contribution < 1.29 is 14.3 Å². The van der Waals surface area contributed by atoms with Gasteiger partial charge in [-0.05, 0) is 60.9 Å². The number of primary amides is 1. The highest BCUT2D eigenvalue weighted by molar-refractivity contribution is 5.85. The molecule has 4 rings (SSSR count). The standard InChI is InChI=1S/C24H29N3O3/c25-22(28)21-2-1-13-27(17-21)23(29)24(9-14-30-15-10-24)16-18-3-5-19(6-4-18)20-7-11-26-12-8-20/h3-8,11-12,21H,1-2,9-10,13-17H2,(H2,25,28)/t21-/m1/s1. The van der Waals surface area contributed by atoms with Crippen LogP contribution in [0.25, 0.3) is 11.1 Å². The molecular formula is C24H29N3O3. The van der Waals surface area contributed by atoms with Gasteiger partial charge in [-0.15, -0.1) is 0 Å². The van der Waals surface area contributed by atoms with Crippen LogP contribution in [0.2, 0.25) is 0 Å². The molecule has 30 heavy (non-hydrogen) atoms. The molecule has 1 atom stereocenters. The third kappa shape index (κ3) is 4.38. The lowest BCUT2D eigenvalue weighted by molar-refractivity contribution is -0.150. The van der Waals surface area contributed by atoms with Gasteiger partial charge in [0.1, 0.15) is 0 Å². The van der Waals surface area contributed by atoms with Gasteiger partial charge in [-0.2, -0.15) is 0 Å². The number of rotatable bonds is 5. The quantitative estimate of drug-likeness (QED) is 0.826. The van der Waals surface area contributed by atoms with Crippen LogP contribution in [0.3, 0.4) is 0 Å². The van der Waals surface area contributed by atoms with Gasteiger partial charge in [0.05, 0.1) is 11.3 Å². The molecule has 0 spiro atoms. The number of hydrogen-bond donors (Lipinski definition) is 1. The summed E-state index contributed by atoms with van der Waals surface area (Å²) in [5.41, 5.74) is 8.45. The van der Waals surface area contributed by atoms with E-state index in [0.29, 0.717) is 45.6 Å². The number of amides is 2. The van der Waals surface area contributed by atoms with E-state index in [0.717, 1.165) is 29.5 Å². The maximum absolute atomic E-state index is 13.6. The van der Waals surface area contributed by atoms with Crippen molar-refractivity contribution in [1.82, 2.24) is 9.88 Å². The Kier molecular flexibility index (Phi) is 6.13. The van der Waals surface area contributed by atoms with E-state index in [1.54, 1.807) is 12.4 Å². The topological polar surface area (TPSA) is 85.5 Å². The van der Waals surface area contributed by atoms with Crippen LogP contribution in [0.15, 0.2) is 48.8 Å². The largest absolute Gasteiger partial charge is 0.381 e. The molecule has 0 aliphatic carbocycles. The number of aromatic nitrogens is 1. The number of piperidine rings is 1. The second-order valence-electron chi connectivity index (χ2n) is 8.49. The third-order valence-electron chi connectivity index (χ3n) is 6.52. The number of pyridine rings is 1. The molecule has 0 bridgehead atoms. The number of hydrogen-bond acceptors (Lipinski definition) is 4. The van der Waals surface area contributed by atoms with Crippen molar-refractivity contribution in [2.75, 3.05) is 26.3 Å². The van der Waals surface area contributed by atoms with Gasteiger partial charge in [-0.3, -0.25) is 14.6 Å². The van der Waals surface area contributed by atoms with E-state index in [9.17, 15) is 9.59 Å². The molecular weight excluding hydrogens is 378 g/mol. The predicted molar refractivity (Wildman–Crippen MR) is 114 cm³/mol. The Morgan fingerprint density at radius 1 is 1.07 bits per heavy atom. The summed E-state index contributed by atoms with van der Waals surface area (Å²) >= 11 is 0. The maximum Gasteiger partial charge on any atom is 0.229 e. The normalized spacial score (nSPS) is 21.2. The van der Waals surface area contributed by atoms with Crippen LogP contribution >= 0.6 is 0 Å². The van der Waals surface area contributed by atoms with E-state index in [2.05, 4.69) is 29.2 Å². The maximum atomic E-state index is 13.6. The van der Waals surface area contributed by atoms with Gasteiger partial charge in [-0.25, -0.2) is 0 Å². The van der Waals surface area contributed by atoms with Crippen LogP contribution in [-0.4, -0.2) is 48.0 Å². The first-order valence-corrected chi connectivity index (χ1v) is 10.7. The molecule has 2 aliphatic heterocycles. The lowest BCUT2D eigenvalue weighted by atomic mass is 9.73. The first-order valence-electron chi connectivity index (χ1n) is 10.7. The highest BCUT2D eigenvalue weighted by Gasteiger charge is 2.43. The smallest absolute Gasteiger partial charge is 0.229 e. The zero-order valence-corrected chi connectivity index (χ0v) is 17.3. The van der Waals surface area contributed by atoms with Crippen molar-refractivity contribution in [3.8, 4) is 11.1 Å². The Bertz CT molecular complexity index is 876. The summed E-state index contributed by atoms with van der Waals surface area (Å²) < 4.78 is 5.59. The van der Waals surface area contributed by atoms with Crippen molar-refractivity contribution in [1.29, 1.82) is 0 Å². The minimum Gasteiger partial charge on any atom is -0.381 e. The number of carbonyl (C=O) groups excluding carboxylic acids is 2. The van der Waals surface area contributed by atoms with Crippen LogP contribution in [0.4, 0.5) is 0 Å².